The van der Waals surface area contributed by atoms with Crippen LogP contribution in [0.25, 0.3) is 0 Å². The third kappa shape index (κ3) is 4.92. The molecule has 0 spiro atoms. The molecule has 0 amide bonds. The van der Waals surface area contributed by atoms with Gasteiger partial charge in [-0.1, -0.05) is 0 Å². The molecule has 0 aromatic carbocycles. The van der Waals surface area contributed by atoms with Gasteiger partial charge in [0.2, 0.25) is 0 Å². The first-order valence-corrected chi connectivity index (χ1v) is 5.01. The Morgan fingerprint density at radius 2 is 2.29 bits per heavy atom. The molecule has 3 heteroatoms. The zero-order valence-corrected chi connectivity index (χ0v) is 8.70. The molecular weight excluding hydrogens is 180 g/mol. The van der Waals surface area contributed by atoms with E-state index in [1.807, 2.05) is 12.2 Å². The largest absolute Gasteiger partial charge is 0.502 e. The molecule has 0 unspecified atom stereocenters. The summed E-state index contributed by atoms with van der Waals surface area (Å²) in [5.41, 5.74) is 0. The van der Waals surface area contributed by atoms with Crippen LogP contribution in [0.15, 0.2) is 24.2 Å². The molecule has 80 valence electrons. The van der Waals surface area contributed by atoms with Crippen LogP contribution >= 0.6 is 0 Å². The van der Waals surface area contributed by atoms with E-state index in [0.29, 0.717) is 6.61 Å². The lowest BCUT2D eigenvalue weighted by Gasteiger charge is -2.10. The average Bonchev–Trinajstić information content (AvgIpc) is 2.33. The van der Waals surface area contributed by atoms with E-state index < -0.39 is 0 Å². The Labute approximate surface area is 85.3 Å². The van der Waals surface area contributed by atoms with Crippen molar-refractivity contribution in [2.45, 2.75) is 19.3 Å². The summed E-state index contributed by atoms with van der Waals surface area (Å²) in [4.78, 5) is 0. The molecule has 0 aromatic rings. The van der Waals surface area contributed by atoms with Gasteiger partial charge in [-0.2, -0.15) is 0 Å². The first kappa shape index (κ1) is 11.1. The predicted octanol–water partition coefficient (Wildman–Crippen LogP) is 2.25. The van der Waals surface area contributed by atoms with Crippen LogP contribution in [0.2, 0.25) is 0 Å². The van der Waals surface area contributed by atoms with Crippen molar-refractivity contribution in [2.75, 3.05) is 26.9 Å². The second-order valence-electron chi connectivity index (χ2n) is 3.08. The quantitative estimate of drug-likeness (QED) is 0.646. The highest BCUT2D eigenvalue weighted by Crippen LogP contribution is 2.06. The number of methoxy groups -OCH3 is 1. The topological polar surface area (TPSA) is 27.7 Å². The van der Waals surface area contributed by atoms with Gasteiger partial charge in [0, 0.05) is 6.42 Å². The number of hydrogen-bond acceptors (Lipinski definition) is 3. The molecule has 0 bridgehead atoms. The summed E-state index contributed by atoms with van der Waals surface area (Å²) in [7, 11) is 1.69. The summed E-state index contributed by atoms with van der Waals surface area (Å²) >= 11 is 0. The molecule has 2 heterocycles. The molecule has 3 nitrogen and oxygen atoms in total. The van der Waals surface area contributed by atoms with Crippen LogP contribution in [0.5, 0.6) is 0 Å². The minimum Gasteiger partial charge on any atom is -0.502 e. The molecule has 0 atom stereocenters. The SMILES string of the molecule is C1=COCCC1.COC1=CCOCC1. The number of allylic oxidation sites excluding steroid dienone is 1. The maximum Gasteiger partial charge on any atom is 0.0961 e. The molecule has 0 saturated heterocycles. The van der Waals surface area contributed by atoms with Gasteiger partial charge in [0.1, 0.15) is 0 Å². The Morgan fingerprint density at radius 3 is 2.57 bits per heavy atom. The van der Waals surface area contributed by atoms with E-state index in [1.165, 1.54) is 12.8 Å². The third-order valence-corrected chi connectivity index (χ3v) is 2.01. The molecule has 0 saturated carbocycles. The molecule has 14 heavy (non-hydrogen) atoms. The third-order valence-electron chi connectivity index (χ3n) is 2.01. The predicted molar refractivity (Wildman–Crippen MR) is 54.9 cm³/mol. The Bertz CT molecular complexity index is 189. The lowest BCUT2D eigenvalue weighted by Crippen LogP contribution is -2.04. The van der Waals surface area contributed by atoms with E-state index in [-0.39, 0.29) is 0 Å². The Balaban J connectivity index is 0.000000146. The number of rotatable bonds is 1. The molecule has 2 rings (SSSR count). The van der Waals surface area contributed by atoms with Gasteiger partial charge in [-0.25, -0.2) is 0 Å². The van der Waals surface area contributed by atoms with Crippen molar-refractivity contribution in [1.82, 2.24) is 0 Å². The average molecular weight is 198 g/mol. The second kappa shape index (κ2) is 7.44. The van der Waals surface area contributed by atoms with Crippen molar-refractivity contribution < 1.29 is 14.2 Å². The van der Waals surface area contributed by atoms with E-state index >= 15 is 0 Å². The van der Waals surface area contributed by atoms with Crippen molar-refractivity contribution in [1.29, 1.82) is 0 Å². The van der Waals surface area contributed by atoms with Gasteiger partial charge in [-0.15, -0.1) is 0 Å². The highest BCUT2D eigenvalue weighted by atomic mass is 16.5. The van der Waals surface area contributed by atoms with Gasteiger partial charge in [0.15, 0.2) is 0 Å². The van der Waals surface area contributed by atoms with Crippen molar-refractivity contribution in [3.8, 4) is 0 Å². The highest BCUT2D eigenvalue weighted by molar-refractivity contribution is 4.95. The minimum absolute atomic E-state index is 0.711. The standard InChI is InChI=1S/C6H10O2.C5H8O/c1-7-6-2-4-8-5-3-6;1-2-4-6-5-3-1/h2H,3-5H2,1H3;2,4H,1,3,5H2. The van der Waals surface area contributed by atoms with Crippen LogP contribution in [-0.4, -0.2) is 26.9 Å². The van der Waals surface area contributed by atoms with Gasteiger partial charge in [0.25, 0.3) is 0 Å². The fourth-order valence-electron chi connectivity index (χ4n) is 1.18. The zero-order valence-electron chi connectivity index (χ0n) is 8.70. The fraction of sp³-hybridized carbons (Fsp3) is 0.636. The van der Waals surface area contributed by atoms with Gasteiger partial charge >= 0.3 is 0 Å². The van der Waals surface area contributed by atoms with Gasteiger partial charge in [-0.05, 0) is 25.0 Å². The van der Waals surface area contributed by atoms with E-state index in [0.717, 1.165) is 25.4 Å². The molecule has 0 aromatic heterocycles. The number of hydrogen-bond donors (Lipinski definition) is 0. The molecule has 0 aliphatic carbocycles. The maximum atomic E-state index is 5.05. The Hall–Kier alpha value is -0.960. The van der Waals surface area contributed by atoms with Gasteiger partial charge in [0.05, 0.1) is 39.0 Å². The Morgan fingerprint density at radius 1 is 1.36 bits per heavy atom. The lowest BCUT2D eigenvalue weighted by atomic mass is 10.3. The van der Waals surface area contributed by atoms with E-state index in [2.05, 4.69) is 0 Å². The van der Waals surface area contributed by atoms with Crippen LogP contribution in [0.1, 0.15) is 19.3 Å². The summed E-state index contributed by atoms with van der Waals surface area (Å²) in [5, 5.41) is 0. The zero-order chi connectivity index (χ0) is 10.1. The van der Waals surface area contributed by atoms with E-state index in [1.54, 1.807) is 13.4 Å². The minimum atomic E-state index is 0.711. The highest BCUT2D eigenvalue weighted by Gasteiger charge is 2.00. The summed E-state index contributed by atoms with van der Waals surface area (Å²) in [6.07, 6.45) is 9.09. The van der Waals surface area contributed by atoms with Gasteiger partial charge < -0.3 is 14.2 Å². The molecular formula is C11H18O3. The molecule has 2 aliphatic rings. The van der Waals surface area contributed by atoms with E-state index in [4.69, 9.17) is 14.2 Å². The fourth-order valence-corrected chi connectivity index (χ4v) is 1.18. The summed E-state index contributed by atoms with van der Waals surface area (Å²) in [6.45, 7) is 2.43. The number of ether oxygens (including phenoxy) is 3. The monoisotopic (exact) mass is 198 g/mol. The maximum absolute atomic E-state index is 5.05. The Kier molecular flexibility index (Phi) is 5.91. The normalized spacial score (nSPS) is 19.9. The lowest BCUT2D eigenvalue weighted by molar-refractivity contribution is 0.126. The van der Waals surface area contributed by atoms with Crippen molar-refractivity contribution >= 4 is 0 Å². The van der Waals surface area contributed by atoms with Crippen molar-refractivity contribution in [2.24, 2.45) is 0 Å². The van der Waals surface area contributed by atoms with Crippen LogP contribution < -0.4 is 0 Å². The van der Waals surface area contributed by atoms with Crippen molar-refractivity contribution in [3.05, 3.63) is 24.2 Å². The molecule has 0 N–H and O–H groups in total. The first-order valence-electron chi connectivity index (χ1n) is 5.01. The van der Waals surface area contributed by atoms with Gasteiger partial charge in [-0.3, -0.25) is 0 Å². The van der Waals surface area contributed by atoms with Crippen LogP contribution in [-0.2, 0) is 14.2 Å². The molecule has 2 aliphatic heterocycles. The molecule has 0 fully saturated rings. The van der Waals surface area contributed by atoms with Crippen LogP contribution in [0, 0.1) is 0 Å². The molecule has 0 radical (unpaired) electrons. The summed E-state index contributed by atoms with van der Waals surface area (Å²) in [6, 6.07) is 0. The second-order valence-corrected chi connectivity index (χ2v) is 3.08. The summed E-state index contributed by atoms with van der Waals surface area (Å²) < 4.78 is 14.9. The van der Waals surface area contributed by atoms with E-state index in [9.17, 15) is 0 Å². The van der Waals surface area contributed by atoms with Crippen LogP contribution in [0.4, 0.5) is 0 Å². The summed E-state index contributed by atoms with van der Waals surface area (Å²) in [5.74, 6) is 1.05. The van der Waals surface area contributed by atoms with Crippen molar-refractivity contribution in [3.63, 3.8) is 0 Å². The smallest absolute Gasteiger partial charge is 0.0961 e. The van der Waals surface area contributed by atoms with Crippen LogP contribution in [0.3, 0.4) is 0 Å². The first-order chi connectivity index (χ1) is 6.93.